The van der Waals surface area contributed by atoms with Gasteiger partial charge in [0.05, 0.1) is 12.6 Å². The van der Waals surface area contributed by atoms with Crippen LogP contribution in [-0.4, -0.2) is 48.7 Å². The number of carbonyl (C=O) groups is 2. The van der Waals surface area contributed by atoms with Crippen LogP contribution in [-0.2, 0) is 14.3 Å². The maximum atomic E-state index is 12.0. The molecule has 0 N–H and O–H groups in total. The summed E-state index contributed by atoms with van der Waals surface area (Å²) in [5.41, 5.74) is -0.544. The van der Waals surface area contributed by atoms with E-state index in [4.69, 9.17) is 9.47 Å². The van der Waals surface area contributed by atoms with Gasteiger partial charge in [-0.2, -0.15) is 0 Å². The van der Waals surface area contributed by atoms with Crippen molar-refractivity contribution in [2.75, 3.05) is 20.3 Å². The molecule has 0 saturated carbocycles. The Morgan fingerprint density at radius 2 is 1.94 bits per heavy atom. The topological polar surface area (TPSA) is 55.8 Å². The highest BCUT2D eigenvalue weighted by Gasteiger charge is 2.39. The van der Waals surface area contributed by atoms with E-state index in [1.54, 1.807) is 7.11 Å². The number of Topliss-reactive ketones (excluding diaryl/α,β-unsaturated/α-hetero) is 1. The number of ether oxygens (including phenoxy) is 2. The predicted octanol–water partition coefficient (Wildman–Crippen LogP) is 1.85. The molecule has 5 heteroatoms. The molecule has 0 aromatic heterocycles. The van der Waals surface area contributed by atoms with Gasteiger partial charge in [0.15, 0.2) is 5.78 Å². The fourth-order valence-electron chi connectivity index (χ4n) is 2.19. The average molecular weight is 257 g/mol. The molecule has 0 aromatic carbocycles. The van der Waals surface area contributed by atoms with Crippen LogP contribution in [0.4, 0.5) is 4.79 Å². The quantitative estimate of drug-likeness (QED) is 0.774. The van der Waals surface area contributed by atoms with Gasteiger partial charge < -0.3 is 9.47 Å². The second kappa shape index (κ2) is 5.69. The van der Waals surface area contributed by atoms with Gasteiger partial charge in [-0.15, -0.1) is 0 Å². The molecule has 1 saturated heterocycles. The molecular weight excluding hydrogens is 234 g/mol. The van der Waals surface area contributed by atoms with Crippen molar-refractivity contribution in [1.82, 2.24) is 4.90 Å². The van der Waals surface area contributed by atoms with Crippen molar-refractivity contribution in [1.29, 1.82) is 0 Å². The molecule has 1 amide bonds. The van der Waals surface area contributed by atoms with Gasteiger partial charge in [-0.05, 0) is 34.1 Å². The molecule has 5 nitrogen and oxygen atoms in total. The van der Waals surface area contributed by atoms with E-state index in [0.717, 1.165) is 0 Å². The molecule has 18 heavy (non-hydrogen) atoms. The van der Waals surface area contributed by atoms with E-state index in [0.29, 0.717) is 19.6 Å². The minimum absolute atomic E-state index is 0.000498. The van der Waals surface area contributed by atoms with E-state index >= 15 is 0 Å². The van der Waals surface area contributed by atoms with Gasteiger partial charge in [0, 0.05) is 19.6 Å². The summed E-state index contributed by atoms with van der Waals surface area (Å²) in [7, 11) is 1.62. The number of hydrogen-bond donors (Lipinski definition) is 0. The average Bonchev–Trinajstić information content (AvgIpc) is 2.59. The van der Waals surface area contributed by atoms with Gasteiger partial charge in [-0.1, -0.05) is 0 Å². The minimum atomic E-state index is -0.544. The van der Waals surface area contributed by atoms with Crippen LogP contribution in [0.25, 0.3) is 0 Å². The first-order valence-electron chi connectivity index (χ1n) is 6.23. The Bertz CT molecular complexity index is 321. The first kappa shape index (κ1) is 15.0. The Kier molecular flexibility index (Phi) is 4.73. The number of rotatable bonds is 3. The molecule has 0 aromatic rings. The zero-order valence-corrected chi connectivity index (χ0v) is 11.9. The molecule has 1 fully saturated rings. The summed E-state index contributed by atoms with van der Waals surface area (Å²) in [4.78, 5) is 25.1. The lowest BCUT2D eigenvalue weighted by Crippen LogP contribution is -2.42. The number of ketones is 1. The van der Waals surface area contributed by atoms with Crippen molar-refractivity contribution >= 4 is 11.9 Å². The largest absolute Gasteiger partial charge is 0.444 e. The van der Waals surface area contributed by atoms with Gasteiger partial charge in [-0.25, -0.2) is 4.79 Å². The Morgan fingerprint density at radius 1 is 1.33 bits per heavy atom. The molecular formula is C13H23NO4. The Balaban J connectivity index is 2.72. The number of likely N-dealkylation sites (tertiary alicyclic amines) is 1. The monoisotopic (exact) mass is 257 g/mol. The van der Waals surface area contributed by atoms with Crippen LogP contribution in [0.1, 0.15) is 34.1 Å². The third-order valence-electron chi connectivity index (χ3n) is 2.89. The third kappa shape index (κ3) is 3.98. The maximum Gasteiger partial charge on any atom is 0.410 e. The zero-order valence-electron chi connectivity index (χ0n) is 11.9. The molecule has 0 radical (unpaired) electrons. The normalized spacial score (nSPS) is 24.2. The summed E-state index contributed by atoms with van der Waals surface area (Å²) in [5, 5.41) is 0. The van der Waals surface area contributed by atoms with Crippen LogP contribution in [0.15, 0.2) is 0 Å². The molecule has 0 spiro atoms. The standard InChI is InChI=1S/C13H23NO4/c1-9(15)11-6-10(8-17-5)7-14(11)12(16)18-13(2,3)4/h10-11H,6-8H2,1-5H3/t10-,11-/m0/s1. The molecule has 2 atom stereocenters. The SMILES string of the molecule is COC[C@H]1C[C@@H](C(C)=O)N(C(=O)OC(C)(C)C)C1. The molecule has 1 rings (SSSR count). The summed E-state index contributed by atoms with van der Waals surface area (Å²) in [6.07, 6.45) is 0.240. The van der Waals surface area contributed by atoms with Gasteiger partial charge in [0.25, 0.3) is 0 Å². The second-order valence-corrected chi connectivity index (χ2v) is 5.82. The summed E-state index contributed by atoms with van der Waals surface area (Å²) in [6.45, 7) is 8.04. The molecule has 0 aliphatic carbocycles. The number of hydrogen-bond acceptors (Lipinski definition) is 4. The van der Waals surface area contributed by atoms with Gasteiger partial charge in [0.2, 0.25) is 0 Å². The zero-order chi connectivity index (χ0) is 13.9. The number of nitrogens with zero attached hydrogens (tertiary/aromatic N) is 1. The van der Waals surface area contributed by atoms with Crippen LogP contribution in [0, 0.1) is 5.92 Å². The predicted molar refractivity (Wildman–Crippen MR) is 67.4 cm³/mol. The Hall–Kier alpha value is -1.10. The fraction of sp³-hybridized carbons (Fsp3) is 0.846. The Labute approximate surface area is 108 Å². The summed E-state index contributed by atoms with van der Waals surface area (Å²) in [5.74, 6) is 0.205. The number of carbonyl (C=O) groups excluding carboxylic acids is 2. The molecule has 1 heterocycles. The van der Waals surface area contributed by atoms with Crippen molar-refractivity contribution in [3.8, 4) is 0 Å². The smallest absolute Gasteiger partial charge is 0.410 e. The number of methoxy groups -OCH3 is 1. The molecule has 1 aliphatic rings. The highest BCUT2D eigenvalue weighted by Crippen LogP contribution is 2.26. The molecule has 1 aliphatic heterocycles. The minimum Gasteiger partial charge on any atom is -0.444 e. The van der Waals surface area contributed by atoms with Crippen molar-refractivity contribution in [3.63, 3.8) is 0 Å². The van der Waals surface area contributed by atoms with E-state index in [-0.39, 0.29) is 17.7 Å². The van der Waals surface area contributed by atoms with E-state index in [9.17, 15) is 9.59 Å². The lowest BCUT2D eigenvalue weighted by atomic mass is 10.0. The first-order chi connectivity index (χ1) is 8.24. The van der Waals surface area contributed by atoms with Crippen LogP contribution < -0.4 is 0 Å². The van der Waals surface area contributed by atoms with Crippen LogP contribution in [0.3, 0.4) is 0 Å². The Morgan fingerprint density at radius 3 is 2.39 bits per heavy atom. The van der Waals surface area contributed by atoms with Crippen molar-refractivity contribution in [3.05, 3.63) is 0 Å². The van der Waals surface area contributed by atoms with Crippen LogP contribution in [0.5, 0.6) is 0 Å². The van der Waals surface area contributed by atoms with E-state index in [2.05, 4.69) is 0 Å². The maximum absolute atomic E-state index is 12.0. The van der Waals surface area contributed by atoms with Crippen molar-refractivity contribution < 1.29 is 19.1 Å². The lowest BCUT2D eigenvalue weighted by Gasteiger charge is -2.27. The number of amides is 1. The van der Waals surface area contributed by atoms with Gasteiger partial charge in [0.1, 0.15) is 5.60 Å². The van der Waals surface area contributed by atoms with E-state index in [1.165, 1.54) is 11.8 Å². The molecule has 0 unspecified atom stereocenters. The molecule has 0 bridgehead atoms. The van der Waals surface area contributed by atoms with E-state index in [1.807, 2.05) is 20.8 Å². The van der Waals surface area contributed by atoms with Crippen LogP contribution in [0.2, 0.25) is 0 Å². The molecule has 104 valence electrons. The highest BCUT2D eigenvalue weighted by molar-refractivity contribution is 5.86. The highest BCUT2D eigenvalue weighted by atomic mass is 16.6. The lowest BCUT2D eigenvalue weighted by molar-refractivity contribution is -0.121. The summed E-state index contributed by atoms with van der Waals surface area (Å²) in [6, 6.07) is -0.375. The van der Waals surface area contributed by atoms with Crippen molar-refractivity contribution in [2.45, 2.75) is 45.8 Å². The van der Waals surface area contributed by atoms with Gasteiger partial charge >= 0.3 is 6.09 Å². The fourth-order valence-corrected chi connectivity index (χ4v) is 2.19. The summed E-state index contributed by atoms with van der Waals surface area (Å²) >= 11 is 0. The van der Waals surface area contributed by atoms with E-state index < -0.39 is 11.7 Å². The first-order valence-corrected chi connectivity index (χ1v) is 6.23. The summed E-state index contributed by atoms with van der Waals surface area (Å²) < 4.78 is 10.4. The van der Waals surface area contributed by atoms with Crippen molar-refractivity contribution in [2.24, 2.45) is 5.92 Å². The third-order valence-corrected chi connectivity index (χ3v) is 2.89. The second-order valence-electron chi connectivity index (χ2n) is 5.82. The van der Waals surface area contributed by atoms with Gasteiger partial charge in [-0.3, -0.25) is 9.69 Å². The van der Waals surface area contributed by atoms with Crippen LogP contribution >= 0.6 is 0 Å².